The van der Waals surface area contributed by atoms with E-state index in [9.17, 15) is 0 Å². The fourth-order valence-corrected chi connectivity index (χ4v) is 2.83. The largest absolute Gasteiger partial charge is 1.00 e. The molecule has 0 spiro atoms. The number of hydrogen-bond donors (Lipinski definition) is 1. The number of aryl methyl sites for hydroxylation is 3. The van der Waals surface area contributed by atoms with E-state index in [1.165, 1.54) is 27.3 Å². The molecular formula is C14H20Cl2N2. The number of benzene rings is 1. The maximum absolute atomic E-state index is 5.79. The molecule has 1 N–H and O–H groups in total. The lowest BCUT2D eigenvalue weighted by atomic mass is 10.0. The predicted molar refractivity (Wildman–Crippen MR) is 73.7 cm³/mol. The normalized spacial score (nSPS) is 18.0. The van der Waals surface area contributed by atoms with Gasteiger partial charge in [-0.1, -0.05) is 17.7 Å². The molecule has 1 unspecified atom stereocenters. The zero-order valence-corrected chi connectivity index (χ0v) is 12.6. The van der Waals surface area contributed by atoms with Crippen molar-refractivity contribution < 1.29 is 17.3 Å². The van der Waals surface area contributed by atoms with E-state index >= 15 is 0 Å². The zero-order chi connectivity index (χ0) is 12.4. The van der Waals surface area contributed by atoms with Gasteiger partial charge in [-0.25, -0.2) is 0 Å². The summed E-state index contributed by atoms with van der Waals surface area (Å²) in [5.41, 5.74) is 5.37. The van der Waals surface area contributed by atoms with Crippen LogP contribution in [0.4, 0.5) is 5.69 Å². The lowest BCUT2D eigenvalue weighted by Gasteiger charge is -2.21. The molecule has 1 heterocycles. The Bertz CT molecular complexity index is 420. The molecule has 1 atom stereocenters. The van der Waals surface area contributed by atoms with Gasteiger partial charge in [0.1, 0.15) is 6.20 Å². The molecule has 0 aliphatic carbocycles. The van der Waals surface area contributed by atoms with Crippen LogP contribution in [0.15, 0.2) is 24.5 Å². The van der Waals surface area contributed by atoms with Crippen molar-refractivity contribution >= 4 is 17.3 Å². The first-order valence-corrected chi connectivity index (χ1v) is 6.58. The van der Waals surface area contributed by atoms with Gasteiger partial charge in [0.25, 0.3) is 0 Å². The number of quaternary nitrogens is 1. The fraction of sp³-hybridized carbons (Fsp3) is 0.429. The predicted octanol–water partition coefficient (Wildman–Crippen LogP) is -1.01. The molecule has 1 aromatic carbocycles. The van der Waals surface area contributed by atoms with Crippen LogP contribution in [0, 0.1) is 20.8 Å². The number of anilines is 1. The standard InChI is InChI=1S/C14H19ClN2.ClH/c1-11-8-12(2)14(13(3)9-11)17-7-6-16(10-17)5-4-15;/h6-9H,4-5,10H2,1-3H3;1H. The third-order valence-electron chi connectivity index (χ3n) is 3.20. The van der Waals surface area contributed by atoms with Crippen molar-refractivity contribution in [3.05, 3.63) is 41.2 Å². The number of hydrogen-bond acceptors (Lipinski definition) is 1. The Hall–Kier alpha value is -0.700. The van der Waals surface area contributed by atoms with E-state index in [-0.39, 0.29) is 12.4 Å². The third kappa shape index (κ3) is 3.19. The Balaban J connectivity index is 0.00000162. The van der Waals surface area contributed by atoms with Gasteiger partial charge in [0.15, 0.2) is 6.67 Å². The summed E-state index contributed by atoms with van der Waals surface area (Å²) in [6, 6.07) is 4.49. The summed E-state index contributed by atoms with van der Waals surface area (Å²) in [6.45, 7) is 8.48. The minimum atomic E-state index is 0. The van der Waals surface area contributed by atoms with E-state index in [1.54, 1.807) is 0 Å². The highest BCUT2D eigenvalue weighted by Crippen LogP contribution is 2.26. The van der Waals surface area contributed by atoms with Gasteiger partial charge in [-0.15, -0.1) is 11.6 Å². The second-order valence-electron chi connectivity index (χ2n) is 4.79. The Kier molecular flexibility index (Phi) is 5.51. The molecule has 1 aliphatic rings. The summed E-state index contributed by atoms with van der Waals surface area (Å²) < 4.78 is 0. The second kappa shape index (κ2) is 6.46. The number of nitrogens with zero attached hydrogens (tertiary/aromatic N) is 1. The van der Waals surface area contributed by atoms with Crippen molar-refractivity contribution in [2.45, 2.75) is 20.8 Å². The summed E-state index contributed by atoms with van der Waals surface area (Å²) >= 11 is 5.79. The van der Waals surface area contributed by atoms with Crippen LogP contribution in [0.5, 0.6) is 0 Å². The molecule has 2 nitrogen and oxygen atoms in total. The van der Waals surface area contributed by atoms with Crippen LogP contribution in [0.3, 0.4) is 0 Å². The first-order chi connectivity index (χ1) is 8.11. The third-order valence-corrected chi connectivity index (χ3v) is 3.39. The van der Waals surface area contributed by atoms with Gasteiger partial charge >= 0.3 is 0 Å². The first-order valence-electron chi connectivity index (χ1n) is 6.05. The van der Waals surface area contributed by atoms with E-state index in [2.05, 4.69) is 50.2 Å². The molecule has 0 bridgehead atoms. The molecule has 0 aromatic heterocycles. The van der Waals surface area contributed by atoms with Crippen molar-refractivity contribution in [3.8, 4) is 0 Å². The highest BCUT2D eigenvalue weighted by Gasteiger charge is 2.20. The number of alkyl halides is 1. The van der Waals surface area contributed by atoms with E-state index in [1.807, 2.05) is 0 Å². The maximum atomic E-state index is 5.79. The van der Waals surface area contributed by atoms with Crippen molar-refractivity contribution in [3.63, 3.8) is 0 Å². The Morgan fingerprint density at radius 1 is 1.22 bits per heavy atom. The number of rotatable bonds is 3. The van der Waals surface area contributed by atoms with Gasteiger partial charge in [-0.3, -0.25) is 9.80 Å². The molecular weight excluding hydrogens is 267 g/mol. The molecule has 2 rings (SSSR count). The number of nitrogens with one attached hydrogen (secondary N) is 1. The molecule has 1 aliphatic heterocycles. The van der Waals surface area contributed by atoms with Crippen LogP contribution >= 0.6 is 11.6 Å². The van der Waals surface area contributed by atoms with Gasteiger partial charge in [0.05, 0.1) is 24.3 Å². The van der Waals surface area contributed by atoms with Crippen molar-refractivity contribution in [2.24, 2.45) is 0 Å². The number of halogens is 2. The molecule has 4 heteroatoms. The van der Waals surface area contributed by atoms with Gasteiger partial charge in [0, 0.05) is 0 Å². The Morgan fingerprint density at radius 2 is 1.83 bits per heavy atom. The van der Waals surface area contributed by atoms with Gasteiger partial charge in [-0.05, 0) is 31.9 Å². The maximum Gasteiger partial charge on any atom is 0.161 e. The molecule has 100 valence electrons. The van der Waals surface area contributed by atoms with Crippen LogP contribution < -0.4 is 22.2 Å². The SMILES string of the molecule is Cc1cc(C)c(N2C=C[NH+](CCCl)C2)c(C)c1.[Cl-]. The van der Waals surface area contributed by atoms with Gasteiger partial charge in [-0.2, -0.15) is 0 Å². The van der Waals surface area contributed by atoms with Crippen LogP contribution in [-0.4, -0.2) is 19.1 Å². The topological polar surface area (TPSA) is 7.68 Å². The van der Waals surface area contributed by atoms with Gasteiger partial charge < -0.3 is 12.4 Å². The molecule has 0 fully saturated rings. The lowest BCUT2D eigenvalue weighted by molar-refractivity contribution is -0.837. The molecule has 0 saturated carbocycles. The molecule has 0 radical (unpaired) electrons. The lowest BCUT2D eigenvalue weighted by Crippen LogP contribution is -3.07. The second-order valence-corrected chi connectivity index (χ2v) is 5.17. The highest BCUT2D eigenvalue weighted by atomic mass is 35.5. The minimum Gasteiger partial charge on any atom is -1.00 e. The zero-order valence-electron chi connectivity index (χ0n) is 11.1. The molecule has 0 amide bonds. The van der Waals surface area contributed by atoms with E-state index in [4.69, 9.17) is 11.6 Å². The monoisotopic (exact) mass is 286 g/mol. The molecule has 18 heavy (non-hydrogen) atoms. The van der Waals surface area contributed by atoms with Crippen molar-refractivity contribution in [1.82, 2.24) is 0 Å². The minimum absolute atomic E-state index is 0. The molecule has 1 aromatic rings. The highest BCUT2D eigenvalue weighted by molar-refractivity contribution is 6.17. The van der Waals surface area contributed by atoms with Crippen LogP contribution in [0.25, 0.3) is 0 Å². The Morgan fingerprint density at radius 3 is 2.39 bits per heavy atom. The average Bonchev–Trinajstić information content (AvgIpc) is 2.65. The van der Waals surface area contributed by atoms with Crippen molar-refractivity contribution in [2.75, 3.05) is 24.0 Å². The van der Waals surface area contributed by atoms with Crippen molar-refractivity contribution in [1.29, 1.82) is 0 Å². The quantitative estimate of drug-likeness (QED) is 0.700. The van der Waals surface area contributed by atoms with E-state index in [0.717, 1.165) is 13.2 Å². The Labute approximate surface area is 121 Å². The van der Waals surface area contributed by atoms with Gasteiger partial charge in [0.2, 0.25) is 0 Å². The van der Waals surface area contributed by atoms with Crippen LogP contribution in [0.2, 0.25) is 0 Å². The fourth-order valence-electron chi connectivity index (χ4n) is 2.58. The smallest absolute Gasteiger partial charge is 0.161 e. The summed E-state index contributed by atoms with van der Waals surface area (Å²) in [6.07, 6.45) is 4.37. The molecule has 0 saturated heterocycles. The van der Waals surface area contributed by atoms with E-state index < -0.39 is 0 Å². The van der Waals surface area contributed by atoms with E-state index in [0.29, 0.717) is 5.88 Å². The van der Waals surface area contributed by atoms with Crippen LogP contribution in [0.1, 0.15) is 16.7 Å². The summed E-state index contributed by atoms with van der Waals surface area (Å²) in [7, 11) is 0. The summed E-state index contributed by atoms with van der Waals surface area (Å²) in [4.78, 5) is 3.74. The average molecular weight is 287 g/mol. The van der Waals surface area contributed by atoms with Crippen LogP contribution in [-0.2, 0) is 0 Å². The first kappa shape index (κ1) is 15.4. The summed E-state index contributed by atoms with van der Waals surface area (Å²) in [5.74, 6) is 0.708. The summed E-state index contributed by atoms with van der Waals surface area (Å²) in [5, 5.41) is 0.